The van der Waals surface area contributed by atoms with E-state index in [9.17, 15) is 22.4 Å². The molecule has 0 bridgehead atoms. The van der Waals surface area contributed by atoms with Gasteiger partial charge in [0, 0.05) is 16.9 Å². The lowest BCUT2D eigenvalue weighted by Crippen LogP contribution is -2.21. The zero-order valence-corrected chi connectivity index (χ0v) is 14.4. The number of nitrogen functional groups attached to an aromatic ring is 1. The van der Waals surface area contributed by atoms with Crippen molar-refractivity contribution in [3.05, 3.63) is 83.3 Å². The van der Waals surface area contributed by atoms with Crippen LogP contribution in [0.2, 0.25) is 0 Å². The van der Waals surface area contributed by atoms with Crippen LogP contribution in [0.3, 0.4) is 0 Å². The Labute approximate surface area is 157 Å². The Morgan fingerprint density at radius 1 is 1.18 bits per heavy atom. The van der Waals surface area contributed by atoms with Crippen molar-refractivity contribution in [3.8, 4) is 0 Å². The predicted molar refractivity (Wildman–Crippen MR) is 99.1 cm³/mol. The molecule has 0 unspecified atom stereocenters. The van der Waals surface area contributed by atoms with Gasteiger partial charge >= 0.3 is 6.18 Å². The van der Waals surface area contributed by atoms with E-state index in [-0.39, 0.29) is 28.2 Å². The predicted octanol–water partition coefficient (Wildman–Crippen LogP) is 3.83. The van der Waals surface area contributed by atoms with E-state index in [1.807, 2.05) is 0 Å². The standard InChI is InChI=1S/C19H16F4N4O/c1-10(7-16(25)18(28)27-13-4-2-3-12(20)9-13)17(26)14-8-11(19(21,22)23)5-6-15(14)24/h2-9,26H,1,24-25H2,(H,27,28)/b16-7-,26-17?. The van der Waals surface area contributed by atoms with Crippen molar-refractivity contribution in [2.45, 2.75) is 6.18 Å². The quantitative estimate of drug-likeness (QED) is 0.204. The van der Waals surface area contributed by atoms with Crippen LogP contribution in [0, 0.1) is 11.2 Å². The van der Waals surface area contributed by atoms with Gasteiger partial charge in [-0.3, -0.25) is 10.2 Å². The highest BCUT2D eigenvalue weighted by Gasteiger charge is 2.31. The Morgan fingerprint density at radius 3 is 2.46 bits per heavy atom. The smallest absolute Gasteiger partial charge is 0.398 e. The van der Waals surface area contributed by atoms with E-state index in [1.165, 1.54) is 18.2 Å². The maximum absolute atomic E-state index is 13.1. The first kappa shape index (κ1) is 20.7. The number of amides is 1. The summed E-state index contributed by atoms with van der Waals surface area (Å²) in [6.45, 7) is 3.55. The maximum Gasteiger partial charge on any atom is 0.416 e. The molecular formula is C19H16F4N4O. The number of nitrogens with two attached hydrogens (primary N) is 2. The molecule has 2 aromatic rings. The Balaban J connectivity index is 2.21. The maximum atomic E-state index is 13.1. The molecule has 0 spiro atoms. The van der Waals surface area contributed by atoms with Gasteiger partial charge in [-0.1, -0.05) is 12.6 Å². The summed E-state index contributed by atoms with van der Waals surface area (Å²) < 4.78 is 51.8. The Hall–Kier alpha value is -3.62. The zero-order chi connectivity index (χ0) is 21.1. The highest BCUT2D eigenvalue weighted by Crippen LogP contribution is 2.31. The van der Waals surface area contributed by atoms with Gasteiger partial charge in [-0.05, 0) is 48.0 Å². The van der Waals surface area contributed by atoms with E-state index < -0.39 is 29.2 Å². The lowest BCUT2D eigenvalue weighted by atomic mass is 9.98. The Morgan fingerprint density at radius 2 is 1.86 bits per heavy atom. The molecular weight excluding hydrogens is 376 g/mol. The Kier molecular flexibility index (Phi) is 5.87. The number of alkyl halides is 3. The topological polar surface area (TPSA) is 105 Å². The lowest BCUT2D eigenvalue weighted by molar-refractivity contribution is -0.137. The fourth-order valence-electron chi connectivity index (χ4n) is 2.22. The first-order valence-electron chi connectivity index (χ1n) is 7.78. The number of nitrogens with one attached hydrogen (secondary N) is 2. The summed E-state index contributed by atoms with van der Waals surface area (Å²) in [4.78, 5) is 12.1. The van der Waals surface area contributed by atoms with E-state index in [0.717, 1.165) is 30.3 Å². The first-order chi connectivity index (χ1) is 13.0. The number of allylic oxidation sites excluding steroid dienone is 2. The van der Waals surface area contributed by atoms with Crippen LogP contribution in [0.25, 0.3) is 0 Å². The molecule has 0 aliphatic rings. The molecule has 0 saturated heterocycles. The summed E-state index contributed by atoms with van der Waals surface area (Å²) in [5.41, 5.74) is 9.30. The summed E-state index contributed by atoms with van der Waals surface area (Å²) >= 11 is 0. The van der Waals surface area contributed by atoms with Crippen molar-refractivity contribution in [1.82, 2.24) is 0 Å². The molecule has 0 heterocycles. The van der Waals surface area contributed by atoms with Crippen LogP contribution in [0.5, 0.6) is 0 Å². The summed E-state index contributed by atoms with van der Waals surface area (Å²) in [5, 5.41) is 10.4. The second-order valence-corrected chi connectivity index (χ2v) is 5.76. The number of hydrogen-bond acceptors (Lipinski definition) is 4. The van der Waals surface area contributed by atoms with E-state index in [0.29, 0.717) is 0 Å². The van der Waals surface area contributed by atoms with Gasteiger partial charge in [0.1, 0.15) is 5.82 Å². The molecule has 5 nitrogen and oxygen atoms in total. The summed E-state index contributed by atoms with van der Waals surface area (Å²) in [5.74, 6) is -1.36. The number of rotatable bonds is 5. The molecule has 6 N–H and O–H groups in total. The Bertz CT molecular complexity index is 980. The second-order valence-electron chi connectivity index (χ2n) is 5.76. The van der Waals surface area contributed by atoms with E-state index in [1.54, 1.807) is 0 Å². The fourth-order valence-corrected chi connectivity index (χ4v) is 2.22. The van der Waals surface area contributed by atoms with Crippen molar-refractivity contribution < 1.29 is 22.4 Å². The van der Waals surface area contributed by atoms with Crippen molar-refractivity contribution in [2.24, 2.45) is 5.73 Å². The van der Waals surface area contributed by atoms with Gasteiger partial charge in [0.15, 0.2) is 0 Å². The average Bonchev–Trinajstić information content (AvgIpc) is 2.60. The number of halogens is 4. The van der Waals surface area contributed by atoms with E-state index in [4.69, 9.17) is 16.9 Å². The highest BCUT2D eigenvalue weighted by molar-refractivity contribution is 6.16. The fraction of sp³-hybridized carbons (Fsp3) is 0.0526. The molecule has 1 amide bonds. The average molecular weight is 392 g/mol. The molecule has 0 fully saturated rings. The van der Waals surface area contributed by atoms with Crippen molar-refractivity contribution in [2.75, 3.05) is 11.1 Å². The second kappa shape index (κ2) is 7.95. The van der Waals surface area contributed by atoms with Crippen LogP contribution in [0.1, 0.15) is 11.1 Å². The van der Waals surface area contributed by atoms with Crippen molar-refractivity contribution in [1.29, 1.82) is 5.41 Å². The number of carbonyl (C=O) groups is 1. The molecule has 2 aromatic carbocycles. The molecule has 0 aliphatic carbocycles. The summed E-state index contributed by atoms with van der Waals surface area (Å²) in [6, 6.07) is 7.64. The normalized spacial score (nSPS) is 11.8. The molecule has 28 heavy (non-hydrogen) atoms. The third-order valence-corrected chi connectivity index (χ3v) is 3.65. The lowest BCUT2D eigenvalue weighted by Gasteiger charge is -2.13. The summed E-state index contributed by atoms with van der Waals surface area (Å²) in [7, 11) is 0. The van der Waals surface area contributed by atoms with Crippen LogP contribution in [0.15, 0.2) is 66.4 Å². The molecule has 0 aliphatic heterocycles. The van der Waals surface area contributed by atoms with Gasteiger partial charge in [0.25, 0.3) is 5.91 Å². The van der Waals surface area contributed by atoms with Crippen LogP contribution in [0.4, 0.5) is 28.9 Å². The monoisotopic (exact) mass is 392 g/mol. The minimum absolute atomic E-state index is 0.0599. The zero-order valence-electron chi connectivity index (χ0n) is 14.4. The van der Waals surface area contributed by atoms with Gasteiger partial charge in [-0.2, -0.15) is 13.2 Å². The molecule has 0 saturated carbocycles. The number of benzene rings is 2. The van der Waals surface area contributed by atoms with Crippen LogP contribution >= 0.6 is 0 Å². The van der Waals surface area contributed by atoms with Crippen molar-refractivity contribution in [3.63, 3.8) is 0 Å². The molecule has 146 valence electrons. The van der Waals surface area contributed by atoms with Gasteiger partial charge < -0.3 is 16.8 Å². The van der Waals surface area contributed by atoms with Gasteiger partial charge in [0.05, 0.1) is 17.0 Å². The number of hydrogen-bond donors (Lipinski definition) is 4. The molecule has 0 aromatic heterocycles. The minimum atomic E-state index is -4.61. The third-order valence-electron chi connectivity index (χ3n) is 3.65. The van der Waals surface area contributed by atoms with Gasteiger partial charge in [-0.25, -0.2) is 4.39 Å². The molecule has 9 heteroatoms. The van der Waals surface area contributed by atoms with Gasteiger partial charge in [0.2, 0.25) is 0 Å². The minimum Gasteiger partial charge on any atom is -0.398 e. The highest BCUT2D eigenvalue weighted by atomic mass is 19.4. The molecule has 2 rings (SSSR count). The molecule has 0 atom stereocenters. The number of anilines is 2. The summed E-state index contributed by atoms with van der Waals surface area (Å²) in [6.07, 6.45) is -3.58. The van der Waals surface area contributed by atoms with Crippen molar-refractivity contribution >= 4 is 23.0 Å². The van der Waals surface area contributed by atoms with Crippen LogP contribution in [-0.2, 0) is 11.0 Å². The van der Waals surface area contributed by atoms with Gasteiger partial charge in [-0.15, -0.1) is 0 Å². The van der Waals surface area contributed by atoms with Crippen LogP contribution < -0.4 is 16.8 Å². The largest absolute Gasteiger partial charge is 0.416 e. The van der Waals surface area contributed by atoms with E-state index >= 15 is 0 Å². The number of carbonyl (C=O) groups excluding carboxylic acids is 1. The SMILES string of the molecule is C=C(/C=C(\N)C(=O)Nc1cccc(F)c1)C(=N)c1cc(C(F)(F)F)ccc1N. The third kappa shape index (κ3) is 4.97. The first-order valence-corrected chi connectivity index (χ1v) is 7.78. The van der Waals surface area contributed by atoms with E-state index in [2.05, 4.69) is 11.9 Å². The van der Waals surface area contributed by atoms with Crippen LogP contribution in [-0.4, -0.2) is 11.6 Å². The molecule has 0 radical (unpaired) electrons.